The van der Waals surface area contributed by atoms with Crippen molar-refractivity contribution in [1.82, 2.24) is 0 Å². The zero-order chi connectivity index (χ0) is 29.6. The van der Waals surface area contributed by atoms with E-state index in [4.69, 9.17) is 14.2 Å². The van der Waals surface area contributed by atoms with Crippen molar-refractivity contribution in [3.05, 3.63) is 59.7 Å². The van der Waals surface area contributed by atoms with Gasteiger partial charge in [-0.1, -0.05) is 78.1 Å². The highest BCUT2D eigenvalue weighted by atomic mass is 16.5. The molecule has 2 aromatic rings. The third-order valence-electron chi connectivity index (χ3n) is 9.32. The van der Waals surface area contributed by atoms with Gasteiger partial charge in [0.25, 0.3) is 0 Å². The molecule has 4 atom stereocenters. The average molecular weight is 577 g/mol. The highest BCUT2D eigenvalue weighted by Crippen LogP contribution is 2.44. The lowest BCUT2D eigenvalue weighted by Crippen LogP contribution is -2.35. The molecule has 0 radical (unpaired) electrons. The van der Waals surface area contributed by atoms with Gasteiger partial charge < -0.3 is 14.2 Å². The van der Waals surface area contributed by atoms with Crippen molar-refractivity contribution in [2.75, 3.05) is 6.61 Å². The average Bonchev–Trinajstić information content (AvgIpc) is 3.01. The molecule has 2 saturated carbocycles. The summed E-state index contributed by atoms with van der Waals surface area (Å²) in [6, 6.07) is 13.7. The van der Waals surface area contributed by atoms with Crippen LogP contribution in [-0.4, -0.2) is 24.6 Å². The van der Waals surface area contributed by atoms with Crippen LogP contribution in [0.2, 0.25) is 0 Å². The predicted octanol–water partition coefficient (Wildman–Crippen LogP) is 9.97. The molecule has 2 aliphatic rings. The van der Waals surface area contributed by atoms with Gasteiger partial charge in [-0.3, -0.25) is 0 Å². The summed E-state index contributed by atoms with van der Waals surface area (Å²) in [5.41, 5.74) is 0.944. The Labute approximate surface area is 253 Å². The number of fused-ring (bicyclic) bond motifs is 1. The molecule has 2 aliphatic carbocycles. The summed E-state index contributed by atoms with van der Waals surface area (Å²) < 4.78 is 17.3. The van der Waals surface area contributed by atoms with Gasteiger partial charge in [0.1, 0.15) is 17.6 Å². The Morgan fingerprint density at radius 3 is 1.98 bits per heavy atom. The van der Waals surface area contributed by atoms with Crippen molar-refractivity contribution < 1.29 is 23.8 Å². The number of carbonyl (C=O) groups excluding carboxylic acids is 2. The molecule has 5 heteroatoms. The van der Waals surface area contributed by atoms with E-state index in [9.17, 15) is 9.59 Å². The molecule has 0 amide bonds. The Hall–Kier alpha value is -2.82. The molecule has 42 heavy (non-hydrogen) atoms. The minimum atomic E-state index is -0.440. The second kappa shape index (κ2) is 17.3. The fourth-order valence-corrected chi connectivity index (χ4v) is 6.80. The van der Waals surface area contributed by atoms with E-state index < -0.39 is 5.97 Å². The van der Waals surface area contributed by atoms with E-state index in [-0.39, 0.29) is 12.1 Å². The van der Waals surface area contributed by atoms with Crippen LogP contribution in [0.15, 0.2) is 48.5 Å². The molecule has 4 unspecified atom stereocenters. The molecule has 5 nitrogen and oxygen atoms in total. The Bertz CT molecular complexity index is 1080. The summed E-state index contributed by atoms with van der Waals surface area (Å²) in [6.45, 7) is 5.19. The van der Waals surface area contributed by atoms with Crippen molar-refractivity contribution in [3.63, 3.8) is 0 Å². The number of esters is 2. The van der Waals surface area contributed by atoms with E-state index in [0.29, 0.717) is 29.4 Å². The Morgan fingerprint density at radius 1 is 0.643 bits per heavy atom. The van der Waals surface area contributed by atoms with Gasteiger partial charge >= 0.3 is 11.9 Å². The Kier molecular flexibility index (Phi) is 13.2. The number of hydrogen-bond acceptors (Lipinski definition) is 5. The van der Waals surface area contributed by atoms with Crippen molar-refractivity contribution in [2.24, 2.45) is 17.8 Å². The van der Waals surface area contributed by atoms with Crippen molar-refractivity contribution in [1.29, 1.82) is 0 Å². The molecule has 0 aromatic heterocycles. The zero-order valence-electron chi connectivity index (χ0n) is 26.0. The Balaban J connectivity index is 1.16. The van der Waals surface area contributed by atoms with Crippen LogP contribution in [0.25, 0.3) is 0 Å². The van der Waals surface area contributed by atoms with Crippen LogP contribution in [0.1, 0.15) is 137 Å². The second-order valence-corrected chi connectivity index (χ2v) is 12.6. The van der Waals surface area contributed by atoms with Gasteiger partial charge in [0, 0.05) is 0 Å². The van der Waals surface area contributed by atoms with E-state index in [0.717, 1.165) is 36.8 Å². The fraction of sp³-hybridized carbons (Fsp3) is 0.622. The van der Waals surface area contributed by atoms with Crippen molar-refractivity contribution >= 4 is 11.9 Å². The van der Waals surface area contributed by atoms with Gasteiger partial charge in [0.05, 0.1) is 17.7 Å². The minimum absolute atomic E-state index is 0.00522. The number of ether oxygens (including phenoxy) is 3. The Morgan fingerprint density at radius 2 is 1.24 bits per heavy atom. The molecule has 2 aromatic carbocycles. The maximum absolute atomic E-state index is 12.9. The molecule has 0 saturated heterocycles. The van der Waals surface area contributed by atoms with E-state index in [1.807, 2.05) is 0 Å². The van der Waals surface area contributed by atoms with Gasteiger partial charge in [-0.05, 0) is 105 Å². The summed E-state index contributed by atoms with van der Waals surface area (Å²) in [5, 5.41) is 0. The second-order valence-electron chi connectivity index (χ2n) is 12.6. The quantitative estimate of drug-likeness (QED) is 0.113. The first kappa shape index (κ1) is 32.1. The normalized spacial score (nSPS) is 21.8. The largest absolute Gasteiger partial charge is 0.494 e. The molecule has 0 spiro atoms. The maximum atomic E-state index is 12.9. The SMILES string of the molecule is CCCCCCCCOc1ccc(C(=O)Oc2ccc(C(=O)OC3CCC4CC(CCCCC)CCC4C3)cc2)cc1. The smallest absolute Gasteiger partial charge is 0.343 e. The molecule has 4 rings (SSSR count). The van der Waals surface area contributed by atoms with Gasteiger partial charge in [0.2, 0.25) is 0 Å². The van der Waals surface area contributed by atoms with E-state index in [1.54, 1.807) is 48.5 Å². The van der Waals surface area contributed by atoms with Gasteiger partial charge in [-0.25, -0.2) is 9.59 Å². The van der Waals surface area contributed by atoms with Gasteiger partial charge in [-0.2, -0.15) is 0 Å². The minimum Gasteiger partial charge on any atom is -0.494 e. The number of rotatable bonds is 16. The molecule has 0 heterocycles. The first-order valence-electron chi connectivity index (χ1n) is 16.8. The topological polar surface area (TPSA) is 61.8 Å². The number of carbonyl (C=O) groups is 2. The van der Waals surface area contributed by atoms with Gasteiger partial charge in [-0.15, -0.1) is 0 Å². The highest BCUT2D eigenvalue weighted by Gasteiger charge is 2.36. The third-order valence-corrected chi connectivity index (χ3v) is 9.32. The lowest BCUT2D eigenvalue weighted by atomic mass is 9.66. The lowest BCUT2D eigenvalue weighted by molar-refractivity contribution is -0.00628. The molecule has 0 bridgehead atoms. The highest BCUT2D eigenvalue weighted by molar-refractivity contribution is 5.92. The fourth-order valence-electron chi connectivity index (χ4n) is 6.80. The van der Waals surface area contributed by atoms with Crippen LogP contribution in [0.5, 0.6) is 11.5 Å². The maximum Gasteiger partial charge on any atom is 0.343 e. The zero-order valence-corrected chi connectivity index (χ0v) is 26.0. The molecule has 0 aliphatic heterocycles. The number of benzene rings is 2. The third kappa shape index (κ3) is 10.2. The van der Waals surface area contributed by atoms with Crippen LogP contribution in [0.3, 0.4) is 0 Å². The van der Waals surface area contributed by atoms with Crippen LogP contribution in [0.4, 0.5) is 0 Å². The molecule has 230 valence electrons. The van der Waals surface area contributed by atoms with Crippen LogP contribution in [0, 0.1) is 17.8 Å². The standard InChI is InChI=1S/C37H52O5/c1-3-5-7-8-9-11-25-40-33-20-15-29(16-21-33)36(38)41-34-22-17-30(18-23-34)37(39)42-35-24-19-31-26-28(12-10-6-4-2)13-14-32(31)27-35/h15-18,20-23,28,31-32,35H,3-14,19,24-27H2,1-2H3. The monoisotopic (exact) mass is 576 g/mol. The summed E-state index contributed by atoms with van der Waals surface area (Å²) >= 11 is 0. The summed E-state index contributed by atoms with van der Waals surface area (Å²) in [7, 11) is 0. The van der Waals surface area contributed by atoms with E-state index in [2.05, 4.69) is 13.8 Å². The predicted molar refractivity (Wildman–Crippen MR) is 168 cm³/mol. The first-order chi connectivity index (χ1) is 20.6. The first-order valence-corrected chi connectivity index (χ1v) is 16.8. The summed E-state index contributed by atoms with van der Waals surface area (Å²) in [5.74, 6) is 2.83. The lowest BCUT2D eigenvalue weighted by Gasteiger charge is -2.42. The van der Waals surface area contributed by atoms with Crippen LogP contribution >= 0.6 is 0 Å². The molecule has 2 fully saturated rings. The van der Waals surface area contributed by atoms with Gasteiger partial charge in [0.15, 0.2) is 0 Å². The molecular weight excluding hydrogens is 524 g/mol. The van der Waals surface area contributed by atoms with E-state index in [1.165, 1.54) is 83.5 Å². The number of hydrogen-bond donors (Lipinski definition) is 0. The summed E-state index contributed by atoms with van der Waals surface area (Å²) in [6.07, 6.45) is 19.9. The summed E-state index contributed by atoms with van der Waals surface area (Å²) in [4.78, 5) is 25.5. The van der Waals surface area contributed by atoms with Crippen molar-refractivity contribution in [2.45, 2.75) is 123 Å². The number of unbranched alkanes of at least 4 members (excludes halogenated alkanes) is 7. The van der Waals surface area contributed by atoms with Crippen molar-refractivity contribution in [3.8, 4) is 11.5 Å². The van der Waals surface area contributed by atoms with Crippen LogP contribution < -0.4 is 9.47 Å². The van der Waals surface area contributed by atoms with Crippen LogP contribution in [-0.2, 0) is 4.74 Å². The molecule has 0 N–H and O–H groups in total. The molecular formula is C37H52O5. The van der Waals surface area contributed by atoms with E-state index >= 15 is 0 Å².